The number of hydrogen-bond donors (Lipinski definition) is 2. The van der Waals surface area contributed by atoms with Crippen LogP contribution in [0.15, 0.2) is 40.9 Å². The molecule has 0 amide bonds. The third kappa shape index (κ3) is 2.98. The van der Waals surface area contributed by atoms with Gasteiger partial charge < -0.3 is 10.4 Å². The molecule has 4 nitrogen and oxygen atoms in total. The van der Waals surface area contributed by atoms with Gasteiger partial charge in [-0.25, -0.2) is 4.79 Å². The van der Waals surface area contributed by atoms with Crippen LogP contribution >= 0.6 is 15.9 Å². The Morgan fingerprint density at radius 3 is 2.50 bits per heavy atom. The van der Waals surface area contributed by atoms with Crippen LogP contribution in [0, 0.1) is 18.3 Å². The van der Waals surface area contributed by atoms with Gasteiger partial charge in [0.1, 0.15) is 6.07 Å². The highest BCUT2D eigenvalue weighted by Gasteiger charge is 2.08. The Hall–Kier alpha value is -2.32. The fourth-order valence-corrected chi connectivity index (χ4v) is 2.25. The van der Waals surface area contributed by atoms with Crippen LogP contribution in [-0.4, -0.2) is 11.1 Å². The number of halogens is 1. The van der Waals surface area contributed by atoms with E-state index in [1.54, 1.807) is 37.3 Å². The molecule has 0 unspecified atom stereocenters. The van der Waals surface area contributed by atoms with Crippen molar-refractivity contribution in [2.75, 3.05) is 5.32 Å². The van der Waals surface area contributed by atoms with Crippen molar-refractivity contribution >= 4 is 33.3 Å². The van der Waals surface area contributed by atoms with E-state index in [4.69, 9.17) is 10.4 Å². The van der Waals surface area contributed by atoms with E-state index in [1.807, 2.05) is 6.07 Å². The van der Waals surface area contributed by atoms with Gasteiger partial charge in [0.25, 0.3) is 0 Å². The smallest absolute Gasteiger partial charge is 0.336 e. The lowest BCUT2D eigenvalue weighted by molar-refractivity contribution is 0.0696. The van der Waals surface area contributed by atoms with E-state index in [0.717, 1.165) is 5.69 Å². The van der Waals surface area contributed by atoms with Crippen molar-refractivity contribution in [1.82, 2.24) is 0 Å². The predicted molar refractivity (Wildman–Crippen MR) is 80.3 cm³/mol. The van der Waals surface area contributed by atoms with Gasteiger partial charge in [-0.1, -0.05) is 6.07 Å². The summed E-state index contributed by atoms with van der Waals surface area (Å²) in [6, 6.07) is 12.5. The van der Waals surface area contributed by atoms with Crippen LogP contribution in [0.4, 0.5) is 11.4 Å². The van der Waals surface area contributed by atoms with Crippen LogP contribution in [0.2, 0.25) is 0 Å². The lowest BCUT2D eigenvalue weighted by Crippen LogP contribution is -2.01. The SMILES string of the molecule is Cc1ccc(Nc2ccc(C#N)c(Br)c2)cc1C(=O)O. The number of aromatic carboxylic acids is 1. The molecule has 2 aromatic carbocycles. The zero-order chi connectivity index (χ0) is 14.7. The first-order valence-corrected chi connectivity index (χ1v) is 6.61. The number of nitriles is 1. The van der Waals surface area contributed by atoms with Crippen molar-refractivity contribution in [3.8, 4) is 6.07 Å². The Kier molecular flexibility index (Phi) is 4.06. The maximum Gasteiger partial charge on any atom is 0.336 e. The van der Waals surface area contributed by atoms with Gasteiger partial charge in [-0.2, -0.15) is 5.26 Å². The molecular formula is C15H11BrN2O2. The second kappa shape index (κ2) is 5.76. The van der Waals surface area contributed by atoms with E-state index in [0.29, 0.717) is 21.3 Å². The van der Waals surface area contributed by atoms with E-state index in [9.17, 15) is 4.79 Å². The highest BCUT2D eigenvalue weighted by Crippen LogP contribution is 2.25. The molecule has 0 saturated heterocycles. The Morgan fingerprint density at radius 2 is 1.90 bits per heavy atom. The molecule has 100 valence electrons. The number of anilines is 2. The van der Waals surface area contributed by atoms with Gasteiger partial charge in [0.15, 0.2) is 0 Å². The minimum atomic E-state index is -0.952. The fourth-order valence-electron chi connectivity index (χ4n) is 1.78. The average molecular weight is 331 g/mol. The number of rotatable bonds is 3. The van der Waals surface area contributed by atoms with Gasteiger partial charge in [-0.05, 0) is 58.7 Å². The summed E-state index contributed by atoms with van der Waals surface area (Å²) in [5.74, 6) is -0.952. The lowest BCUT2D eigenvalue weighted by Gasteiger charge is -2.09. The minimum Gasteiger partial charge on any atom is -0.478 e. The Bertz CT molecular complexity index is 720. The van der Waals surface area contributed by atoms with Crippen molar-refractivity contribution in [2.24, 2.45) is 0 Å². The summed E-state index contributed by atoms with van der Waals surface area (Å²) in [7, 11) is 0. The van der Waals surface area contributed by atoms with Gasteiger partial charge in [-0.3, -0.25) is 0 Å². The lowest BCUT2D eigenvalue weighted by atomic mass is 10.1. The first-order chi connectivity index (χ1) is 9.51. The van der Waals surface area contributed by atoms with Crippen molar-refractivity contribution in [2.45, 2.75) is 6.92 Å². The molecule has 0 heterocycles. The second-order valence-corrected chi connectivity index (χ2v) is 5.12. The molecule has 0 bridgehead atoms. The maximum atomic E-state index is 11.1. The normalized spacial score (nSPS) is 9.85. The van der Waals surface area contributed by atoms with Crippen LogP contribution in [-0.2, 0) is 0 Å². The highest BCUT2D eigenvalue weighted by atomic mass is 79.9. The van der Waals surface area contributed by atoms with Crippen LogP contribution in [0.25, 0.3) is 0 Å². The predicted octanol–water partition coefficient (Wildman–Crippen LogP) is 4.07. The summed E-state index contributed by atoms with van der Waals surface area (Å²) in [6.07, 6.45) is 0. The van der Waals surface area contributed by atoms with Gasteiger partial charge in [0, 0.05) is 15.8 Å². The summed E-state index contributed by atoms with van der Waals surface area (Å²) >= 11 is 3.31. The van der Waals surface area contributed by atoms with Crippen LogP contribution in [0.1, 0.15) is 21.5 Å². The van der Waals surface area contributed by atoms with Crippen LogP contribution < -0.4 is 5.32 Å². The summed E-state index contributed by atoms with van der Waals surface area (Å²) < 4.78 is 0.690. The number of carbonyl (C=O) groups is 1. The first-order valence-electron chi connectivity index (χ1n) is 5.82. The van der Waals surface area contributed by atoms with Crippen LogP contribution in [0.5, 0.6) is 0 Å². The van der Waals surface area contributed by atoms with Gasteiger partial charge in [0.05, 0.1) is 11.1 Å². The molecule has 20 heavy (non-hydrogen) atoms. The molecule has 0 saturated carbocycles. The zero-order valence-electron chi connectivity index (χ0n) is 10.6. The molecule has 0 aliphatic carbocycles. The van der Waals surface area contributed by atoms with Gasteiger partial charge in [0.2, 0.25) is 0 Å². The standard InChI is InChI=1S/C15H11BrN2O2/c1-9-2-4-11(6-13(9)15(19)20)18-12-5-3-10(8-17)14(16)7-12/h2-7,18H,1H3,(H,19,20). The molecule has 0 aromatic heterocycles. The molecule has 0 aliphatic rings. The minimum absolute atomic E-state index is 0.266. The van der Waals surface area contributed by atoms with Crippen molar-refractivity contribution < 1.29 is 9.90 Å². The molecule has 0 atom stereocenters. The summed E-state index contributed by atoms with van der Waals surface area (Å²) in [6.45, 7) is 1.76. The maximum absolute atomic E-state index is 11.1. The monoisotopic (exact) mass is 330 g/mol. The number of carboxylic acids is 1. The summed E-state index contributed by atoms with van der Waals surface area (Å²) in [5.41, 5.74) is 2.98. The summed E-state index contributed by atoms with van der Waals surface area (Å²) in [5, 5.41) is 21.1. The Balaban J connectivity index is 2.31. The number of nitrogens with zero attached hydrogens (tertiary/aromatic N) is 1. The highest BCUT2D eigenvalue weighted by molar-refractivity contribution is 9.10. The molecule has 2 rings (SSSR count). The molecule has 2 aromatic rings. The summed E-state index contributed by atoms with van der Waals surface area (Å²) in [4.78, 5) is 11.1. The Labute approximate surface area is 124 Å². The quantitative estimate of drug-likeness (QED) is 0.889. The van der Waals surface area contributed by atoms with E-state index in [1.165, 1.54) is 0 Å². The van der Waals surface area contributed by atoms with Gasteiger partial charge >= 0.3 is 5.97 Å². The second-order valence-electron chi connectivity index (χ2n) is 4.27. The third-order valence-electron chi connectivity index (χ3n) is 2.85. The number of benzene rings is 2. The molecule has 0 radical (unpaired) electrons. The largest absolute Gasteiger partial charge is 0.478 e. The first kappa shape index (κ1) is 14.1. The molecule has 2 N–H and O–H groups in total. The molecule has 5 heteroatoms. The number of aryl methyl sites for hydroxylation is 1. The average Bonchev–Trinajstić information content (AvgIpc) is 2.41. The molecule has 0 fully saturated rings. The number of nitrogens with one attached hydrogen (secondary N) is 1. The molecule has 0 aliphatic heterocycles. The van der Waals surface area contributed by atoms with E-state index in [-0.39, 0.29) is 5.56 Å². The topological polar surface area (TPSA) is 73.1 Å². The third-order valence-corrected chi connectivity index (χ3v) is 3.50. The Morgan fingerprint density at radius 1 is 1.25 bits per heavy atom. The molecular weight excluding hydrogens is 320 g/mol. The van der Waals surface area contributed by atoms with Crippen molar-refractivity contribution in [1.29, 1.82) is 5.26 Å². The zero-order valence-corrected chi connectivity index (χ0v) is 12.2. The van der Waals surface area contributed by atoms with E-state index < -0.39 is 5.97 Å². The van der Waals surface area contributed by atoms with E-state index in [2.05, 4.69) is 27.3 Å². The van der Waals surface area contributed by atoms with Crippen molar-refractivity contribution in [3.63, 3.8) is 0 Å². The van der Waals surface area contributed by atoms with Crippen LogP contribution in [0.3, 0.4) is 0 Å². The number of carboxylic acid groups (broad SMARTS) is 1. The number of hydrogen-bond acceptors (Lipinski definition) is 3. The van der Waals surface area contributed by atoms with Gasteiger partial charge in [-0.15, -0.1) is 0 Å². The van der Waals surface area contributed by atoms with E-state index >= 15 is 0 Å². The van der Waals surface area contributed by atoms with Crippen molar-refractivity contribution in [3.05, 3.63) is 57.6 Å². The fraction of sp³-hybridized carbons (Fsp3) is 0.0667. The molecule has 0 spiro atoms.